The predicted octanol–water partition coefficient (Wildman–Crippen LogP) is 4.13. The average Bonchev–Trinajstić information content (AvgIpc) is 3.00. The lowest BCUT2D eigenvalue weighted by molar-refractivity contribution is -0.158. The van der Waals surface area contributed by atoms with Gasteiger partial charge < -0.3 is 15.4 Å². The zero-order valence-electron chi connectivity index (χ0n) is 23.6. The summed E-state index contributed by atoms with van der Waals surface area (Å²) in [5.41, 5.74) is 6.84. The van der Waals surface area contributed by atoms with E-state index in [0.29, 0.717) is 37.1 Å². The van der Waals surface area contributed by atoms with Crippen molar-refractivity contribution < 1.29 is 22.7 Å². The summed E-state index contributed by atoms with van der Waals surface area (Å²) < 4.78 is 35.6. The Bertz CT molecular complexity index is 1560. The van der Waals surface area contributed by atoms with E-state index < -0.39 is 16.1 Å². The molecule has 1 heterocycles. The third kappa shape index (κ3) is 7.17. The van der Waals surface area contributed by atoms with Crippen LogP contribution in [0.4, 0.5) is 0 Å². The lowest BCUT2D eigenvalue weighted by Gasteiger charge is -2.34. The topological polar surface area (TPSA) is 143 Å². The van der Waals surface area contributed by atoms with Crippen LogP contribution in [-0.4, -0.2) is 56.3 Å². The van der Waals surface area contributed by atoms with Gasteiger partial charge in [-0.05, 0) is 79.5 Å². The van der Waals surface area contributed by atoms with Gasteiger partial charge in [0, 0.05) is 18.7 Å². The summed E-state index contributed by atoms with van der Waals surface area (Å²) in [7, 11) is -4.06. The number of rotatable bonds is 9. The number of nitrogens with one attached hydrogen (secondary N) is 2. The number of carbonyl (C=O) groups is 2. The number of nitrogens with two attached hydrogens (primary N) is 1. The molecular formula is C32H38N4O5S. The number of hydrogen-bond donors (Lipinski definition) is 3. The molecule has 2 aliphatic rings. The Hall–Kier alpha value is -3.76. The molecule has 1 amide bonds. The third-order valence-electron chi connectivity index (χ3n) is 8.28. The number of sulfonamides is 1. The molecule has 1 saturated heterocycles. The monoisotopic (exact) mass is 590 g/mol. The number of benzene rings is 3. The molecule has 1 aliphatic carbocycles. The van der Waals surface area contributed by atoms with Gasteiger partial charge in [-0.2, -0.15) is 4.72 Å². The standard InChI is InChI=1S/C32H38N4O5S/c33-30(34)26-10-6-7-22(19-26)20-29(35-42(39,40)28-14-13-23-8-4-5-9-25(23)21-28)31(37)36-17-15-24(16-18-36)32(38)41-27-11-2-1-3-12-27/h4-10,13-14,19,21,24,27,29,35H,1-3,11-12,15-18,20H2,(H3,33,34)/t29-/m0/s1. The van der Waals surface area contributed by atoms with E-state index in [-0.39, 0.29) is 41.1 Å². The second kappa shape index (κ2) is 13.0. The summed E-state index contributed by atoms with van der Waals surface area (Å²) in [6, 6.07) is 18.2. The maximum Gasteiger partial charge on any atom is 0.309 e. The van der Waals surface area contributed by atoms with Crippen LogP contribution >= 0.6 is 0 Å². The first-order valence-electron chi connectivity index (χ1n) is 14.6. The SMILES string of the molecule is N=C(N)c1cccc(C[C@H](NS(=O)(=O)c2ccc3ccccc3c2)C(=O)N2CCC(C(=O)OC3CCCCC3)CC2)c1. The van der Waals surface area contributed by atoms with Crippen LogP contribution in [0.1, 0.15) is 56.1 Å². The molecule has 3 aromatic rings. The Balaban J connectivity index is 1.32. The highest BCUT2D eigenvalue weighted by Crippen LogP contribution is 2.26. The van der Waals surface area contributed by atoms with E-state index in [1.165, 1.54) is 12.5 Å². The number of piperidine rings is 1. The van der Waals surface area contributed by atoms with E-state index in [0.717, 1.165) is 36.5 Å². The predicted molar refractivity (Wildman–Crippen MR) is 161 cm³/mol. The van der Waals surface area contributed by atoms with Crippen molar-refractivity contribution in [2.75, 3.05) is 13.1 Å². The van der Waals surface area contributed by atoms with Crippen molar-refractivity contribution >= 4 is 38.5 Å². The molecule has 0 radical (unpaired) electrons. The summed E-state index contributed by atoms with van der Waals surface area (Å²) >= 11 is 0. The Labute approximate surface area is 247 Å². The summed E-state index contributed by atoms with van der Waals surface area (Å²) in [5.74, 6) is -0.926. The molecule has 222 valence electrons. The summed E-state index contributed by atoms with van der Waals surface area (Å²) in [6.07, 6.45) is 6.18. The molecule has 1 saturated carbocycles. The molecule has 2 fully saturated rings. The molecule has 1 atom stereocenters. The van der Waals surface area contributed by atoms with Gasteiger partial charge in [-0.3, -0.25) is 15.0 Å². The minimum Gasteiger partial charge on any atom is -0.462 e. The fourth-order valence-electron chi connectivity index (χ4n) is 5.87. The Morgan fingerprint density at radius 3 is 2.36 bits per heavy atom. The first kappa shape index (κ1) is 29.7. The van der Waals surface area contributed by atoms with Crippen LogP contribution in [0.5, 0.6) is 0 Å². The van der Waals surface area contributed by atoms with Gasteiger partial charge in [0.25, 0.3) is 0 Å². The van der Waals surface area contributed by atoms with Crippen molar-refractivity contribution in [1.82, 2.24) is 9.62 Å². The number of nitrogen functional groups attached to an aromatic ring is 1. The van der Waals surface area contributed by atoms with Crippen LogP contribution in [0.15, 0.2) is 71.6 Å². The van der Waals surface area contributed by atoms with Crippen LogP contribution in [-0.2, 0) is 30.8 Å². The maximum absolute atomic E-state index is 13.9. The Morgan fingerprint density at radius 1 is 0.929 bits per heavy atom. The molecule has 0 spiro atoms. The zero-order valence-corrected chi connectivity index (χ0v) is 24.4. The molecule has 4 N–H and O–H groups in total. The van der Waals surface area contributed by atoms with Gasteiger partial charge in [0.05, 0.1) is 10.8 Å². The second-order valence-corrected chi connectivity index (χ2v) is 13.0. The molecule has 10 heteroatoms. The smallest absolute Gasteiger partial charge is 0.309 e. The van der Waals surface area contributed by atoms with Crippen molar-refractivity contribution in [3.8, 4) is 0 Å². The normalized spacial score (nSPS) is 17.6. The highest BCUT2D eigenvalue weighted by molar-refractivity contribution is 7.89. The van der Waals surface area contributed by atoms with Crippen molar-refractivity contribution in [3.63, 3.8) is 0 Å². The molecule has 9 nitrogen and oxygen atoms in total. The van der Waals surface area contributed by atoms with Gasteiger partial charge in [-0.1, -0.05) is 55.0 Å². The lowest BCUT2D eigenvalue weighted by atomic mass is 9.94. The van der Waals surface area contributed by atoms with Gasteiger partial charge in [0.15, 0.2) is 0 Å². The highest BCUT2D eigenvalue weighted by atomic mass is 32.2. The number of nitrogens with zero attached hydrogens (tertiary/aromatic N) is 1. The van der Waals surface area contributed by atoms with Crippen LogP contribution in [0.25, 0.3) is 10.8 Å². The summed E-state index contributed by atoms with van der Waals surface area (Å²) in [4.78, 5) is 28.4. The molecule has 0 bridgehead atoms. The van der Waals surface area contributed by atoms with E-state index in [1.54, 1.807) is 41.3 Å². The van der Waals surface area contributed by atoms with E-state index in [1.807, 2.05) is 24.3 Å². The Kier molecular flexibility index (Phi) is 9.23. The van der Waals surface area contributed by atoms with Crippen LogP contribution in [0.2, 0.25) is 0 Å². The number of esters is 1. The fourth-order valence-corrected chi connectivity index (χ4v) is 7.09. The lowest BCUT2D eigenvalue weighted by Crippen LogP contribution is -2.52. The van der Waals surface area contributed by atoms with Gasteiger partial charge in [0.1, 0.15) is 18.0 Å². The molecule has 42 heavy (non-hydrogen) atoms. The van der Waals surface area contributed by atoms with Gasteiger partial charge in [-0.25, -0.2) is 8.42 Å². The Morgan fingerprint density at radius 2 is 1.64 bits per heavy atom. The number of amidine groups is 1. The average molecular weight is 591 g/mol. The highest BCUT2D eigenvalue weighted by Gasteiger charge is 2.34. The van der Waals surface area contributed by atoms with Gasteiger partial charge in [0.2, 0.25) is 15.9 Å². The van der Waals surface area contributed by atoms with Crippen LogP contribution < -0.4 is 10.5 Å². The van der Waals surface area contributed by atoms with Crippen LogP contribution in [0.3, 0.4) is 0 Å². The summed E-state index contributed by atoms with van der Waals surface area (Å²) in [5, 5.41) is 9.46. The first-order valence-corrected chi connectivity index (χ1v) is 16.1. The number of hydrogen-bond acceptors (Lipinski definition) is 6. The summed E-state index contributed by atoms with van der Waals surface area (Å²) in [6.45, 7) is 0.676. The maximum atomic E-state index is 13.9. The van der Waals surface area contributed by atoms with E-state index in [2.05, 4.69) is 4.72 Å². The van der Waals surface area contributed by atoms with E-state index in [9.17, 15) is 18.0 Å². The van der Waals surface area contributed by atoms with Crippen molar-refractivity contribution in [2.24, 2.45) is 11.7 Å². The molecular weight excluding hydrogens is 552 g/mol. The number of likely N-dealkylation sites (tertiary alicyclic amines) is 1. The molecule has 5 rings (SSSR count). The van der Waals surface area contributed by atoms with Crippen molar-refractivity contribution in [1.29, 1.82) is 5.41 Å². The number of carbonyl (C=O) groups excluding carboxylic acids is 2. The van der Waals surface area contributed by atoms with Gasteiger partial charge in [-0.15, -0.1) is 0 Å². The van der Waals surface area contributed by atoms with Crippen LogP contribution in [0, 0.1) is 11.3 Å². The molecule has 0 aromatic heterocycles. The number of amides is 1. The van der Waals surface area contributed by atoms with Gasteiger partial charge >= 0.3 is 5.97 Å². The minimum atomic E-state index is -4.06. The van der Waals surface area contributed by atoms with Crippen molar-refractivity contribution in [2.45, 2.75) is 68.4 Å². The van der Waals surface area contributed by atoms with E-state index >= 15 is 0 Å². The third-order valence-corrected chi connectivity index (χ3v) is 9.75. The number of fused-ring (bicyclic) bond motifs is 1. The van der Waals surface area contributed by atoms with E-state index in [4.69, 9.17) is 15.9 Å². The molecule has 0 unspecified atom stereocenters. The largest absolute Gasteiger partial charge is 0.462 e. The minimum absolute atomic E-state index is 0.00873. The first-order chi connectivity index (χ1) is 20.2. The zero-order chi connectivity index (χ0) is 29.7. The second-order valence-electron chi connectivity index (χ2n) is 11.3. The number of ether oxygens (including phenoxy) is 1. The molecule has 3 aromatic carbocycles. The quantitative estimate of drug-likeness (QED) is 0.194. The molecule has 1 aliphatic heterocycles. The van der Waals surface area contributed by atoms with Crippen molar-refractivity contribution in [3.05, 3.63) is 77.9 Å². The fraction of sp³-hybridized carbons (Fsp3) is 0.406.